The van der Waals surface area contributed by atoms with Crippen LogP contribution in [0.1, 0.15) is 11.1 Å². The van der Waals surface area contributed by atoms with Crippen molar-refractivity contribution in [1.29, 1.82) is 0 Å². The molecule has 0 spiro atoms. The highest BCUT2D eigenvalue weighted by molar-refractivity contribution is 6.30. The van der Waals surface area contributed by atoms with Gasteiger partial charge in [-0.1, -0.05) is 17.7 Å². The molecule has 0 fully saturated rings. The van der Waals surface area contributed by atoms with Crippen molar-refractivity contribution < 1.29 is 4.39 Å². The number of nitrogens with one attached hydrogen (secondary N) is 1. The topological polar surface area (TPSA) is 77.0 Å². The van der Waals surface area contributed by atoms with Gasteiger partial charge in [-0.15, -0.1) is 0 Å². The molecular formula is C13H12ClFN4. The number of rotatable bonds is 1. The predicted molar refractivity (Wildman–Crippen MR) is 72.2 cm³/mol. The average molecular weight is 279 g/mol. The number of nitrogens with zero attached hydrogens (tertiary/aromatic N) is 1. The Labute approximate surface area is 114 Å². The van der Waals surface area contributed by atoms with Crippen LogP contribution < -0.4 is 16.8 Å². The first-order valence-electron chi connectivity index (χ1n) is 5.74. The Morgan fingerprint density at radius 3 is 2.89 bits per heavy atom. The van der Waals surface area contributed by atoms with Gasteiger partial charge in [0.2, 0.25) is 0 Å². The van der Waals surface area contributed by atoms with E-state index in [4.69, 9.17) is 23.1 Å². The Hall–Kier alpha value is -1.69. The third-order valence-electron chi connectivity index (χ3n) is 3.47. The minimum atomic E-state index is -0.963. The number of pyridine rings is 1. The molecule has 1 aromatic heterocycles. The minimum absolute atomic E-state index is 0.0250. The van der Waals surface area contributed by atoms with Gasteiger partial charge in [0.05, 0.1) is 16.9 Å². The molecule has 2 aromatic rings. The molecule has 0 radical (unpaired) electrons. The lowest BCUT2D eigenvalue weighted by molar-refractivity contribution is 0.481. The molecule has 3 rings (SSSR count). The van der Waals surface area contributed by atoms with E-state index < -0.39 is 17.5 Å². The largest absolute Gasteiger partial charge is 0.366 e. The third-order valence-corrected chi connectivity index (χ3v) is 3.76. The van der Waals surface area contributed by atoms with E-state index in [1.165, 1.54) is 12.1 Å². The number of hydrogen-bond donors (Lipinski definition) is 3. The van der Waals surface area contributed by atoms with Gasteiger partial charge in [-0.05, 0) is 23.8 Å². The molecule has 4 nitrogen and oxygen atoms in total. The molecule has 0 saturated carbocycles. The summed E-state index contributed by atoms with van der Waals surface area (Å²) in [6.07, 6.45) is 2.77. The van der Waals surface area contributed by atoms with E-state index in [9.17, 15) is 4.39 Å². The maximum absolute atomic E-state index is 13.3. The molecule has 0 saturated heterocycles. The summed E-state index contributed by atoms with van der Waals surface area (Å²) in [5, 5.41) is 3.10. The van der Waals surface area contributed by atoms with Crippen molar-refractivity contribution in [2.75, 3.05) is 5.32 Å². The van der Waals surface area contributed by atoms with E-state index in [1.807, 2.05) is 0 Å². The molecule has 6 heteroatoms. The summed E-state index contributed by atoms with van der Waals surface area (Å²) in [4.78, 5) is 4.02. The third kappa shape index (κ3) is 1.70. The first-order valence-corrected chi connectivity index (χ1v) is 6.12. The second kappa shape index (κ2) is 4.16. The van der Waals surface area contributed by atoms with Crippen LogP contribution in [0.4, 0.5) is 10.1 Å². The first kappa shape index (κ1) is 12.3. The zero-order valence-corrected chi connectivity index (χ0v) is 10.7. The molecule has 2 atom stereocenters. The maximum atomic E-state index is 13.3. The second-order valence-electron chi connectivity index (χ2n) is 4.54. The predicted octanol–water partition coefficient (Wildman–Crippen LogP) is 1.79. The summed E-state index contributed by atoms with van der Waals surface area (Å²) >= 11 is 5.82. The van der Waals surface area contributed by atoms with Crippen LogP contribution in [-0.2, 0) is 5.54 Å². The zero-order valence-electron chi connectivity index (χ0n) is 9.90. The quantitative estimate of drug-likeness (QED) is 0.743. The van der Waals surface area contributed by atoms with E-state index >= 15 is 0 Å². The fourth-order valence-corrected chi connectivity index (χ4v) is 2.59. The van der Waals surface area contributed by atoms with Crippen molar-refractivity contribution in [2.45, 2.75) is 11.7 Å². The molecule has 1 aliphatic rings. The molecule has 0 aliphatic carbocycles. The van der Waals surface area contributed by atoms with Crippen LogP contribution in [0.2, 0.25) is 5.02 Å². The molecule has 1 aliphatic heterocycles. The summed E-state index contributed by atoms with van der Waals surface area (Å²) in [7, 11) is 0. The first-order chi connectivity index (χ1) is 9.03. The van der Waals surface area contributed by atoms with Gasteiger partial charge in [0, 0.05) is 11.8 Å². The fourth-order valence-electron chi connectivity index (χ4n) is 2.41. The Kier molecular flexibility index (Phi) is 2.70. The number of nitrogens with two attached hydrogens (primary N) is 2. The summed E-state index contributed by atoms with van der Waals surface area (Å²) in [5.41, 5.74) is 13.8. The number of fused-ring (bicyclic) bond motifs is 1. The SMILES string of the molecule is NC1Nc2cnccc2C1(N)c1ccc(F)c(Cl)c1. The van der Waals surface area contributed by atoms with Crippen molar-refractivity contribution in [3.63, 3.8) is 0 Å². The molecule has 2 heterocycles. The summed E-state index contributed by atoms with van der Waals surface area (Å²) in [5.74, 6) is -0.483. The van der Waals surface area contributed by atoms with Crippen LogP contribution in [-0.4, -0.2) is 11.1 Å². The van der Waals surface area contributed by atoms with Gasteiger partial charge in [0.25, 0.3) is 0 Å². The van der Waals surface area contributed by atoms with Gasteiger partial charge >= 0.3 is 0 Å². The van der Waals surface area contributed by atoms with Gasteiger partial charge in [0.1, 0.15) is 17.5 Å². The Morgan fingerprint density at radius 2 is 2.16 bits per heavy atom. The van der Waals surface area contributed by atoms with Crippen molar-refractivity contribution in [3.8, 4) is 0 Å². The lowest BCUT2D eigenvalue weighted by atomic mass is 9.84. The molecule has 0 bridgehead atoms. The van der Waals surface area contributed by atoms with Crippen LogP contribution in [0, 0.1) is 5.82 Å². The van der Waals surface area contributed by atoms with Crippen molar-refractivity contribution >= 4 is 17.3 Å². The standard InChI is InChI=1S/C13H12ClFN4/c14-9-5-7(1-2-10(9)15)13(17)8-3-4-18-6-11(8)19-12(13)16/h1-6,12,19H,16-17H2. The molecule has 0 amide bonds. The number of aromatic nitrogens is 1. The van der Waals surface area contributed by atoms with Crippen LogP contribution in [0.5, 0.6) is 0 Å². The highest BCUT2D eigenvalue weighted by Crippen LogP contribution is 2.40. The molecular weight excluding hydrogens is 267 g/mol. The monoisotopic (exact) mass is 278 g/mol. The summed E-state index contributed by atoms with van der Waals surface area (Å²) < 4.78 is 13.3. The summed E-state index contributed by atoms with van der Waals surface area (Å²) in [6.45, 7) is 0. The van der Waals surface area contributed by atoms with Gasteiger partial charge in [-0.2, -0.15) is 0 Å². The fraction of sp³-hybridized carbons (Fsp3) is 0.154. The highest BCUT2D eigenvalue weighted by atomic mass is 35.5. The lowest BCUT2D eigenvalue weighted by Gasteiger charge is -2.30. The van der Waals surface area contributed by atoms with E-state index in [2.05, 4.69) is 10.3 Å². The Morgan fingerprint density at radius 1 is 1.37 bits per heavy atom. The lowest BCUT2D eigenvalue weighted by Crippen LogP contribution is -2.52. The van der Waals surface area contributed by atoms with E-state index in [0.29, 0.717) is 5.56 Å². The van der Waals surface area contributed by atoms with Gasteiger partial charge in [-0.3, -0.25) is 4.98 Å². The van der Waals surface area contributed by atoms with Gasteiger partial charge < -0.3 is 16.8 Å². The van der Waals surface area contributed by atoms with Gasteiger partial charge in [0.15, 0.2) is 0 Å². The van der Waals surface area contributed by atoms with E-state index in [-0.39, 0.29) is 5.02 Å². The molecule has 2 unspecified atom stereocenters. The number of halogens is 2. The molecule has 98 valence electrons. The Bertz CT molecular complexity index is 648. The van der Waals surface area contributed by atoms with Crippen LogP contribution >= 0.6 is 11.6 Å². The van der Waals surface area contributed by atoms with Crippen LogP contribution in [0.3, 0.4) is 0 Å². The van der Waals surface area contributed by atoms with Crippen LogP contribution in [0.15, 0.2) is 36.7 Å². The van der Waals surface area contributed by atoms with E-state index in [0.717, 1.165) is 11.3 Å². The zero-order chi connectivity index (χ0) is 13.6. The van der Waals surface area contributed by atoms with Gasteiger partial charge in [-0.25, -0.2) is 4.39 Å². The second-order valence-corrected chi connectivity index (χ2v) is 4.95. The minimum Gasteiger partial charge on any atom is -0.366 e. The maximum Gasteiger partial charge on any atom is 0.141 e. The normalized spacial score (nSPS) is 24.9. The number of anilines is 1. The smallest absolute Gasteiger partial charge is 0.141 e. The van der Waals surface area contributed by atoms with Crippen molar-refractivity contribution in [3.05, 3.63) is 58.6 Å². The molecule has 1 aromatic carbocycles. The average Bonchev–Trinajstić information content (AvgIpc) is 2.66. The highest BCUT2D eigenvalue weighted by Gasteiger charge is 2.43. The number of hydrogen-bond acceptors (Lipinski definition) is 4. The van der Waals surface area contributed by atoms with Crippen LogP contribution in [0.25, 0.3) is 0 Å². The van der Waals surface area contributed by atoms with E-state index in [1.54, 1.807) is 24.5 Å². The summed E-state index contributed by atoms with van der Waals surface area (Å²) in [6, 6.07) is 6.19. The van der Waals surface area contributed by atoms with Crippen molar-refractivity contribution in [2.24, 2.45) is 11.5 Å². The van der Waals surface area contributed by atoms with Crippen molar-refractivity contribution in [1.82, 2.24) is 4.98 Å². The molecule has 19 heavy (non-hydrogen) atoms. The Balaban J connectivity index is 2.19. The molecule has 5 N–H and O–H groups in total. The number of benzene rings is 1.